The normalized spacial score (nSPS) is 17.4. The second-order valence-corrected chi connectivity index (χ2v) is 6.15. The first-order valence-corrected chi connectivity index (χ1v) is 7.07. The van der Waals surface area contributed by atoms with Crippen LogP contribution in [0, 0.1) is 5.92 Å². The van der Waals surface area contributed by atoms with Crippen LogP contribution < -0.4 is 16.0 Å². The van der Waals surface area contributed by atoms with E-state index in [0.717, 1.165) is 31.2 Å². The molecule has 0 spiro atoms. The summed E-state index contributed by atoms with van der Waals surface area (Å²) in [5.41, 5.74) is 6.79. The highest BCUT2D eigenvalue weighted by molar-refractivity contribution is 5.47. The molecule has 2 heterocycles. The maximum absolute atomic E-state index is 5.79. The number of anilines is 2. The van der Waals surface area contributed by atoms with Gasteiger partial charge in [-0.25, -0.2) is 4.98 Å². The number of ether oxygens (including phenoxy) is 1. The molecule has 1 aliphatic heterocycles. The third-order valence-electron chi connectivity index (χ3n) is 3.49. The van der Waals surface area contributed by atoms with E-state index >= 15 is 0 Å². The number of nitrogens with one attached hydrogen (secondary N) is 1. The van der Waals surface area contributed by atoms with Crippen LogP contribution in [0.15, 0.2) is 6.07 Å². The van der Waals surface area contributed by atoms with Gasteiger partial charge in [-0.15, -0.1) is 0 Å². The molecule has 0 atom stereocenters. The molecule has 0 radical (unpaired) electrons. The summed E-state index contributed by atoms with van der Waals surface area (Å²) in [5.74, 6) is 1.71. The van der Waals surface area contributed by atoms with Crippen LogP contribution in [0.5, 0.6) is 0 Å². The van der Waals surface area contributed by atoms with Gasteiger partial charge in [0.25, 0.3) is 0 Å². The lowest BCUT2D eigenvalue weighted by atomic mass is 9.92. The van der Waals surface area contributed by atoms with Crippen molar-refractivity contribution in [3.05, 3.63) is 11.8 Å². The van der Waals surface area contributed by atoms with Gasteiger partial charge < -0.3 is 20.7 Å². The molecule has 1 saturated heterocycles. The molecule has 1 aliphatic rings. The third-order valence-corrected chi connectivity index (χ3v) is 3.49. The maximum atomic E-state index is 5.79. The summed E-state index contributed by atoms with van der Waals surface area (Å²) in [7, 11) is 1.98. The summed E-state index contributed by atoms with van der Waals surface area (Å²) in [6.45, 7) is 9.49. The number of hydrogen-bond donors (Lipinski definition) is 2. The molecule has 1 fully saturated rings. The van der Waals surface area contributed by atoms with Gasteiger partial charge in [0.15, 0.2) is 0 Å². The van der Waals surface area contributed by atoms with Gasteiger partial charge in [-0.3, -0.25) is 0 Å². The molecular formula is C14H25N5O. The molecule has 0 aliphatic carbocycles. The summed E-state index contributed by atoms with van der Waals surface area (Å²) in [6.07, 6.45) is 0. The lowest BCUT2D eigenvalue weighted by Crippen LogP contribution is -2.67. The molecule has 0 unspecified atom stereocenters. The van der Waals surface area contributed by atoms with Gasteiger partial charge in [-0.05, 0) is 19.9 Å². The van der Waals surface area contributed by atoms with Crippen LogP contribution in [0.25, 0.3) is 0 Å². The fourth-order valence-corrected chi connectivity index (χ4v) is 2.25. The average molecular weight is 279 g/mol. The predicted molar refractivity (Wildman–Crippen MR) is 80.6 cm³/mol. The quantitative estimate of drug-likeness (QED) is 0.810. The Morgan fingerprint density at radius 3 is 2.75 bits per heavy atom. The number of nitrogens with two attached hydrogens (primary N) is 1. The predicted octanol–water partition coefficient (Wildman–Crippen LogP) is 1.03. The Hall–Kier alpha value is -1.40. The van der Waals surface area contributed by atoms with E-state index in [1.807, 2.05) is 13.1 Å². The fourth-order valence-electron chi connectivity index (χ4n) is 2.25. The molecule has 2 rings (SSSR count). The molecule has 1 aromatic rings. The Morgan fingerprint density at radius 1 is 1.45 bits per heavy atom. The summed E-state index contributed by atoms with van der Waals surface area (Å²) < 4.78 is 5.61. The number of aromatic nitrogens is 2. The van der Waals surface area contributed by atoms with Crippen LogP contribution in [-0.2, 0) is 11.3 Å². The molecule has 0 aromatic carbocycles. The van der Waals surface area contributed by atoms with Crippen LogP contribution in [0.3, 0.4) is 0 Å². The summed E-state index contributed by atoms with van der Waals surface area (Å²) >= 11 is 0. The van der Waals surface area contributed by atoms with Crippen molar-refractivity contribution >= 4 is 11.8 Å². The van der Waals surface area contributed by atoms with Crippen molar-refractivity contribution < 1.29 is 4.74 Å². The van der Waals surface area contributed by atoms with E-state index in [1.54, 1.807) is 0 Å². The monoisotopic (exact) mass is 279 g/mol. The zero-order valence-electron chi connectivity index (χ0n) is 12.8. The highest BCUT2D eigenvalue weighted by Gasteiger charge is 2.38. The summed E-state index contributed by atoms with van der Waals surface area (Å²) in [5, 5.41) is 3.31. The van der Waals surface area contributed by atoms with E-state index in [1.165, 1.54) is 0 Å². The van der Waals surface area contributed by atoms with Gasteiger partial charge >= 0.3 is 0 Å². The van der Waals surface area contributed by atoms with E-state index in [2.05, 4.69) is 41.0 Å². The first-order chi connectivity index (χ1) is 9.42. The lowest BCUT2D eigenvalue weighted by Gasteiger charge is -2.48. The Labute approximate surface area is 120 Å². The van der Waals surface area contributed by atoms with Crippen molar-refractivity contribution in [2.45, 2.75) is 32.9 Å². The number of hydrogen-bond acceptors (Lipinski definition) is 6. The summed E-state index contributed by atoms with van der Waals surface area (Å²) in [6, 6.07) is 1.96. The molecule has 0 bridgehead atoms. The highest BCUT2D eigenvalue weighted by atomic mass is 16.5. The van der Waals surface area contributed by atoms with E-state index in [9.17, 15) is 0 Å². The van der Waals surface area contributed by atoms with Crippen LogP contribution in [0.2, 0.25) is 0 Å². The van der Waals surface area contributed by atoms with E-state index in [-0.39, 0.29) is 5.54 Å². The maximum Gasteiger partial charge on any atom is 0.222 e. The third kappa shape index (κ3) is 3.58. The first-order valence-electron chi connectivity index (χ1n) is 7.07. The molecule has 20 heavy (non-hydrogen) atoms. The van der Waals surface area contributed by atoms with Crippen LogP contribution in [0.1, 0.15) is 26.5 Å². The Bertz CT molecular complexity index is 457. The van der Waals surface area contributed by atoms with E-state index in [4.69, 9.17) is 10.5 Å². The second kappa shape index (κ2) is 5.93. The SMILES string of the molecule is CNC1(C)CN(c2cc(COCC(C)C)nc(N)n2)C1. The fraction of sp³-hybridized carbons (Fsp3) is 0.714. The van der Waals surface area contributed by atoms with Crippen molar-refractivity contribution in [3.8, 4) is 0 Å². The van der Waals surface area contributed by atoms with Crippen LogP contribution in [0.4, 0.5) is 11.8 Å². The minimum Gasteiger partial charge on any atom is -0.375 e. The number of rotatable bonds is 6. The van der Waals surface area contributed by atoms with Gasteiger partial charge in [0.05, 0.1) is 17.8 Å². The van der Waals surface area contributed by atoms with Crippen molar-refractivity contribution in [2.24, 2.45) is 5.92 Å². The van der Waals surface area contributed by atoms with Crippen LogP contribution in [-0.4, -0.2) is 42.3 Å². The Kier molecular flexibility index (Phi) is 4.45. The number of nitrogens with zero attached hydrogens (tertiary/aromatic N) is 3. The Morgan fingerprint density at radius 2 is 2.15 bits per heavy atom. The highest BCUT2D eigenvalue weighted by Crippen LogP contribution is 2.26. The molecule has 1 aromatic heterocycles. The van der Waals surface area contributed by atoms with Gasteiger partial charge in [-0.2, -0.15) is 4.98 Å². The largest absolute Gasteiger partial charge is 0.375 e. The molecule has 3 N–H and O–H groups in total. The zero-order chi connectivity index (χ0) is 14.8. The van der Waals surface area contributed by atoms with Crippen molar-refractivity contribution in [1.29, 1.82) is 0 Å². The Balaban J connectivity index is 1.99. The molecular weight excluding hydrogens is 254 g/mol. The average Bonchev–Trinajstić information content (AvgIpc) is 2.34. The standard InChI is InChI=1S/C14H25N5O/c1-10(2)6-20-7-11-5-12(18-13(15)17-11)19-8-14(3,9-19)16-4/h5,10,16H,6-9H2,1-4H3,(H2,15,17,18). The summed E-state index contributed by atoms with van der Waals surface area (Å²) in [4.78, 5) is 10.7. The first kappa shape index (κ1) is 15.0. The van der Waals surface area contributed by atoms with Crippen molar-refractivity contribution in [2.75, 3.05) is 37.4 Å². The molecule has 0 saturated carbocycles. The van der Waals surface area contributed by atoms with Crippen molar-refractivity contribution in [3.63, 3.8) is 0 Å². The minimum atomic E-state index is 0.161. The van der Waals surface area contributed by atoms with Gasteiger partial charge in [0.2, 0.25) is 5.95 Å². The molecule has 6 heteroatoms. The van der Waals surface area contributed by atoms with Gasteiger partial charge in [0.1, 0.15) is 5.82 Å². The van der Waals surface area contributed by atoms with E-state index in [0.29, 0.717) is 18.5 Å². The number of likely N-dealkylation sites (N-methyl/N-ethyl adjacent to an activating group) is 1. The molecule has 112 valence electrons. The van der Waals surface area contributed by atoms with Gasteiger partial charge in [0, 0.05) is 25.8 Å². The topological polar surface area (TPSA) is 76.3 Å². The zero-order valence-corrected chi connectivity index (χ0v) is 12.8. The van der Waals surface area contributed by atoms with Gasteiger partial charge in [-0.1, -0.05) is 13.8 Å². The van der Waals surface area contributed by atoms with E-state index < -0.39 is 0 Å². The smallest absolute Gasteiger partial charge is 0.222 e. The van der Waals surface area contributed by atoms with Crippen molar-refractivity contribution in [1.82, 2.24) is 15.3 Å². The van der Waals surface area contributed by atoms with Crippen LogP contribution >= 0.6 is 0 Å². The lowest BCUT2D eigenvalue weighted by molar-refractivity contribution is 0.0948. The molecule has 6 nitrogen and oxygen atoms in total. The second-order valence-electron chi connectivity index (χ2n) is 6.15. The minimum absolute atomic E-state index is 0.161. The number of nitrogen functional groups attached to an aromatic ring is 1. The molecule has 0 amide bonds.